The van der Waals surface area contributed by atoms with Crippen molar-refractivity contribution in [3.63, 3.8) is 0 Å². The largest absolute Gasteiger partial charge is 0.397 e. The lowest BCUT2D eigenvalue weighted by molar-refractivity contribution is 1.13. The van der Waals surface area contributed by atoms with Crippen molar-refractivity contribution in [1.29, 1.82) is 0 Å². The molecule has 0 atom stereocenters. The normalized spacial score (nSPS) is 9.86. The van der Waals surface area contributed by atoms with E-state index in [9.17, 15) is 0 Å². The summed E-state index contributed by atoms with van der Waals surface area (Å²) in [4.78, 5) is 0. The van der Waals surface area contributed by atoms with E-state index in [1.165, 1.54) is 11.1 Å². The van der Waals surface area contributed by atoms with E-state index >= 15 is 0 Å². The Balaban J connectivity index is 0.000000211. The number of anilines is 4. The summed E-state index contributed by atoms with van der Waals surface area (Å²) in [7, 11) is 0. The fourth-order valence-electron chi connectivity index (χ4n) is 1.77. The Labute approximate surface area is 134 Å². The third-order valence-electron chi connectivity index (χ3n) is 3.19. The standard InChI is InChI=1S/C8H11BrN2.C8H12N2/c1-2-5-3-7(10)8(11)4-6(5)9;1-2-6-3-4-7(9)8(10)5-6/h3-4H,2,10-11H2,1H3;3-5H,2,9-10H2,1H3. The highest BCUT2D eigenvalue weighted by atomic mass is 79.9. The quantitative estimate of drug-likeness (QED) is 0.621. The van der Waals surface area contributed by atoms with Gasteiger partial charge in [0.15, 0.2) is 0 Å². The molecule has 0 bridgehead atoms. The number of nitrogen functional groups attached to an aromatic ring is 4. The lowest BCUT2D eigenvalue weighted by atomic mass is 10.1. The second-order valence-electron chi connectivity index (χ2n) is 4.74. The summed E-state index contributed by atoms with van der Waals surface area (Å²) in [5, 5.41) is 0. The molecule has 4 nitrogen and oxygen atoms in total. The first-order chi connectivity index (χ1) is 9.88. The summed E-state index contributed by atoms with van der Waals surface area (Å²) >= 11 is 3.41. The van der Waals surface area contributed by atoms with Crippen molar-refractivity contribution < 1.29 is 0 Å². The van der Waals surface area contributed by atoms with E-state index in [1.54, 1.807) is 0 Å². The third-order valence-corrected chi connectivity index (χ3v) is 3.93. The Morgan fingerprint density at radius 1 is 0.762 bits per heavy atom. The van der Waals surface area contributed by atoms with E-state index in [0.29, 0.717) is 22.7 Å². The Hall–Kier alpha value is -1.88. The van der Waals surface area contributed by atoms with Gasteiger partial charge in [-0.15, -0.1) is 0 Å². The van der Waals surface area contributed by atoms with Crippen LogP contribution in [0.3, 0.4) is 0 Å². The van der Waals surface area contributed by atoms with Gasteiger partial charge in [-0.25, -0.2) is 0 Å². The van der Waals surface area contributed by atoms with Crippen LogP contribution in [0, 0.1) is 0 Å². The van der Waals surface area contributed by atoms with Gasteiger partial charge in [-0.2, -0.15) is 0 Å². The van der Waals surface area contributed by atoms with E-state index in [4.69, 9.17) is 22.9 Å². The van der Waals surface area contributed by atoms with Crippen molar-refractivity contribution >= 4 is 38.7 Å². The van der Waals surface area contributed by atoms with Crippen molar-refractivity contribution in [2.24, 2.45) is 0 Å². The molecule has 0 aliphatic heterocycles. The molecule has 2 rings (SSSR count). The van der Waals surface area contributed by atoms with Gasteiger partial charge in [0.25, 0.3) is 0 Å². The summed E-state index contributed by atoms with van der Waals surface area (Å²) in [6.45, 7) is 4.17. The molecule has 0 spiro atoms. The number of hydrogen-bond acceptors (Lipinski definition) is 4. The van der Waals surface area contributed by atoms with Gasteiger partial charge in [0.05, 0.1) is 22.7 Å². The highest BCUT2D eigenvalue weighted by Crippen LogP contribution is 2.25. The lowest BCUT2D eigenvalue weighted by Gasteiger charge is -2.05. The fraction of sp³-hybridized carbons (Fsp3) is 0.250. The molecule has 114 valence electrons. The molecule has 21 heavy (non-hydrogen) atoms. The van der Waals surface area contributed by atoms with Gasteiger partial charge in [0.2, 0.25) is 0 Å². The van der Waals surface area contributed by atoms with E-state index in [0.717, 1.165) is 17.3 Å². The number of benzene rings is 2. The van der Waals surface area contributed by atoms with Gasteiger partial charge >= 0.3 is 0 Å². The van der Waals surface area contributed by atoms with Crippen LogP contribution in [0.1, 0.15) is 25.0 Å². The Morgan fingerprint density at radius 3 is 1.86 bits per heavy atom. The molecule has 0 saturated heterocycles. The molecule has 2 aromatic carbocycles. The van der Waals surface area contributed by atoms with Crippen LogP contribution < -0.4 is 22.9 Å². The molecule has 0 aliphatic carbocycles. The van der Waals surface area contributed by atoms with Crippen LogP contribution in [0.2, 0.25) is 0 Å². The van der Waals surface area contributed by atoms with Gasteiger partial charge in [0.1, 0.15) is 0 Å². The van der Waals surface area contributed by atoms with Crippen molar-refractivity contribution in [1.82, 2.24) is 0 Å². The van der Waals surface area contributed by atoms with Crippen LogP contribution in [0.5, 0.6) is 0 Å². The molecular formula is C16H23BrN4. The summed E-state index contributed by atoms with van der Waals surface area (Å²) in [5.41, 5.74) is 27.4. The Morgan fingerprint density at radius 2 is 1.33 bits per heavy atom. The van der Waals surface area contributed by atoms with E-state index < -0.39 is 0 Å². The second-order valence-corrected chi connectivity index (χ2v) is 5.60. The first-order valence-corrected chi connectivity index (χ1v) is 7.65. The molecule has 2 aromatic rings. The first kappa shape index (κ1) is 17.2. The highest BCUT2D eigenvalue weighted by molar-refractivity contribution is 9.10. The molecule has 0 saturated carbocycles. The van der Waals surface area contributed by atoms with Gasteiger partial charge in [0, 0.05) is 4.47 Å². The average molecular weight is 351 g/mol. The molecule has 0 heterocycles. The third kappa shape index (κ3) is 4.86. The SMILES string of the molecule is CCc1cc(N)c(N)cc1Br.CCc1ccc(N)c(N)c1. The van der Waals surface area contributed by atoms with Gasteiger partial charge in [-0.05, 0) is 48.2 Å². The molecule has 8 N–H and O–H groups in total. The summed E-state index contributed by atoms with van der Waals surface area (Å²) in [6.07, 6.45) is 1.97. The van der Waals surface area contributed by atoms with Crippen LogP contribution in [0.4, 0.5) is 22.7 Å². The summed E-state index contributed by atoms with van der Waals surface area (Å²) in [6, 6.07) is 9.49. The van der Waals surface area contributed by atoms with E-state index in [2.05, 4.69) is 29.8 Å². The lowest BCUT2D eigenvalue weighted by Crippen LogP contribution is -1.96. The first-order valence-electron chi connectivity index (χ1n) is 6.86. The molecule has 0 aliphatic rings. The zero-order valence-corrected chi connectivity index (χ0v) is 14.1. The molecule has 0 radical (unpaired) electrons. The monoisotopic (exact) mass is 350 g/mol. The van der Waals surface area contributed by atoms with Crippen LogP contribution in [-0.2, 0) is 12.8 Å². The summed E-state index contributed by atoms with van der Waals surface area (Å²) < 4.78 is 1.03. The van der Waals surface area contributed by atoms with Gasteiger partial charge in [-0.1, -0.05) is 35.8 Å². The van der Waals surface area contributed by atoms with Crippen molar-refractivity contribution in [3.05, 3.63) is 45.9 Å². The maximum absolute atomic E-state index is 5.62. The molecule has 5 heteroatoms. The van der Waals surface area contributed by atoms with Crippen LogP contribution in [0.25, 0.3) is 0 Å². The van der Waals surface area contributed by atoms with Crippen molar-refractivity contribution in [3.8, 4) is 0 Å². The molecule has 0 fully saturated rings. The molecule has 0 aromatic heterocycles. The average Bonchev–Trinajstić information content (AvgIpc) is 2.46. The number of halogens is 1. The van der Waals surface area contributed by atoms with Crippen LogP contribution >= 0.6 is 15.9 Å². The molecule has 0 amide bonds. The zero-order chi connectivity index (χ0) is 16.0. The molecular weight excluding hydrogens is 328 g/mol. The van der Waals surface area contributed by atoms with Gasteiger partial charge in [-0.3, -0.25) is 0 Å². The Bertz CT molecular complexity index is 611. The number of hydrogen-bond donors (Lipinski definition) is 4. The minimum atomic E-state index is 0.633. The smallest absolute Gasteiger partial charge is 0.0559 e. The number of aryl methyl sites for hydroxylation is 2. The van der Waals surface area contributed by atoms with E-state index in [-0.39, 0.29) is 0 Å². The van der Waals surface area contributed by atoms with E-state index in [1.807, 2.05) is 30.3 Å². The number of rotatable bonds is 2. The second kappa shape index (κ2) is 7.78. The minimum absolute atomic E-state index is 0.633. The van der Waals surface area contributed by atoms with Crippen molar-refractivity contribution in [2.75, 3.05) is 22.9 Å². The highest BCUT2D eigenvalue weighted by Gasteiger charge is 2.01. The molecule has 0 unspecified atom stereocenters. The topological polar surface area (TPSA) is 104 Å². The van der Waals surface area contributed by atoms with Crippen LogP contribution in [-0.4, -0.2) is 0 Å². The zero-order valence-electron chi connectivity index (χ0n) is 12.5. The fourth-order valence-corrected chi connectivity index (χ4v) is 2.41. The number of nitrogens with two attached hydrogens (primary N) is 4. The predicted octanol–water partition coefficient (Wildman–Crippen LogP) is 3.59. The Kier molecular flexibility index (Phi) is 6.37. The summed E-state index contributed by atoms with van der Waals surface area (Å²) in [5.74, 6) is 0. The predicted molar refractivity (Wildman–Crippen MR) is 97.0 cm³/mol. The maximum Gasteiger partial charge on any atom is 0.0559 e. The minimum Gasteiger partial charge on any atom is -0.397 e. The maximum atomic E-state index is 5.62. The van der Waals surface area contributed by atoms with Crippen molar-refractivity contribution in [2.45, 2.75) is 26.7 Å². The van der Waals surface area contributed by atoms with Gasteiger partial charge < -0.3 is 22.9 Å². The van der Waals surface area contributed by atoms with Crippen LogP contribution in [0.15, 0.2) is 34.8 Å².